The molecule has 0 aliphatic carbocycles. The minimum absolute atomic E-state index is 0.0972. The summed E-state index contributed by atoms with van der Waals surface area (Å²) in [5.41, 5.74) is 4.85. The molecule has 3 nitrogen and oxygen atoms in total. The Morgan fingerprint density at radius 2 is 1.83 bits per heavy atom. The van der Waals surface area contributed by atoms with Gasteiger partial charge in [-0.15, -0.1) is 0 Å². The van der Waals surface area contributed by atoms with E-state index >= 15 is 0 Å². The number of hydrogen-bond donors (Lipinski definition) is 1. The van der Waals surface area contributed by atoms with Gasteiger partial charge < -0.3 is 14.8 Å². The van der Waals surface area contributed by atoms with Crippen molar-refractivity contribution in [3.63, 3.8) is 0 Å². The summed E-state index contributed by atoms with van der Waals surface area (Å²) < 4.78 is 12.6. The van der Waals surface area contributed by atoms with E-state index in [9.17, 15) is 0 Å². The van der Waals surface area contributed by atoms with Crippen molar-refractivity contribution in [2.75, 3.05) is 11.9 Å². The van der Waals surface area contributed by atoms with E-state index < -0.39 is 0 Å². The quantitative estimate of drug-likeness (QED) is 0.640. The molecule has 130 valence electrons. The molecule has 0 unspecified atom stereocenters. The average molecular weight is 392 g/mol. The summed E-state index contributed by atoms with van der Waals surface area (Å²) in [6.45, 7) is 11.6. The Kier molecular flexibility index (Phi) is 6.55. The molecule has 0 aromatic heterocycles. The first-order valence-electron chi connectivity index (χ1n) is 8.33. The molecular formula is C20H26BrNO2. The van der Waals surface area contributed by atoms with Gasteiger partial charge in [0.25, 0.3) is 0 Å². The normalized spacial score (nSPS) is 10.8. The molecule has 24 heavy (non-hydrogen) atoms. The van der Waals surface area contributed by atoms with Crippen LogP contribution in [0.15, 0.2) is 34.8 Å². The largest absolute Gasteiger partial charge is 0.490 e. The first-order chi connectivity index (χ1) is 11.4. The number of anilines is 1. The fourth-order valence-electron chi connectivity index (χ4n) is 2.39. The van der Waals surface area contributed by atoms with Crippen LogP contribution in [0.2, 0.25) is 0 Å². The van der Waals surface area contributed by atoms with Crippen molar-refractivity contribution in [2.45, 2.75) is 47.3 Å². The van der Waals surface area contributed by atoms with Crippen molar-refractivity contribution in [1.82, 2.24) is 0 Å². The third-order valence-electron chi connectivity index (χ3n) is 3.73. The van der Waals surface area contributed by atoms with E-state index in [1.165, 1.54) is 11.1 Å². The van der Waals surface area contributed by atoms with Gasteiger partial charge in [-0.2, -0.15) is 0 Å². The third kappa shape index (κ3) is 4.91. The van der Waals surface area contributed by atoms with E-state index in [4.69, 9.17) is 9.47 Å². The molecule has 2 rings (SSSR count). The summed E-state index contributed by atoms with van der Waals surface area (Å²) in [5.74, 6) is 1.54. The fraction of sp³-hybridized carbons (Fsp3) is 0.400. The first-order valence-corrected chi connectivity index (χ1v) is 9.13. The van der Waals surface area contributed by atoms with Gasteiger partial charge in [0, 0.05) is 12.2 Å². The van der Waals surface area contributed by atoms with E-state index in [-0.39, 0.29) is 6.10 Å². The third-order valence-corrected chi connectivity index (χ3v) is 4.32. The zero-order valence-electron chi connectivity index (χ0n) is 15.1. The molecule has 2 aromatic carbocycles. The molecule has 0 amide bonds. The van der Waals surface area contributed by atoms with Crippen LogP contribution in [0.25, 0.3) is 0 Å². The molecule has 4 heteroatoms. The molecule has 0 radical (unpaired) electrons. The molecule has 0 saturated heterocycles. The van der Waals surface area contributed by atoms with E-state index in [1.807, 2.05) is 26.8 Å². The van der Waals surface area contributed by atoms with Crippen LogP contribution in [0.4, 0.5) is 5.69 Å². The summed E-state index contributed by atoms with van der Waals surface area (Å²) in [4.78, 5) is 0. The zero-order chi connectivity index (χ0) is 17.7. The van der Waals surface area contributed by atoms with Crippen LogP contribution in [0.5, 0.6) is 11.5 Å². The maximum absolute atomic E-state index is 5.88. The van der Waals surface area contributed by atoms with Crippen LogP contribution in [-0.2, 0) is 6.54 Å². The summed E-state index contributed by atoms with van der Waals surface area (Å²) in [5, 5.41) is 3.47. The Hall–Kier alpha value is -1.68. The van der Waals surface area contributed by atoms with E-state index in [0.717, 1.165) is 33.8 Å². The Bertz CT molecular complexity index is 698. The fourth-order valence-corrected chi connectivity index (χ4v) is 2.97. The number of benzene rings is 2. The van der Waals surface area contributed by atoms with Crippen LogP contribution in [-0.4, -0.2) is 12.7 Å². The first kappa shape index (κ1) is 18.7. The average Bonchev–Trinajstić information content (AvgIpc) is 2.52. The summed E-state index contributed by atoms with van der Waals surface area (Å²) in [6, 6.07) is 10.5. The number of rotatable bonds is 7. The molecule has 0 aliphatic rings. The predicted octanol–water partition coefficient (Wildman–Crippen LogP) is 5.86. The van der Waals surface area contributed by atoms with Gasteiger partial charge in [-0.05, 0) is 91.5 Å². The number of aryl methyl sites for hydroxylation is 2. The zero-order valence-corrected chi connectivity index (χ0v) is 16.7. The van der Waals surface area contributed by atoms with Gasteiger partial charge >= 0.3 is 0 Å². The lowest BCUT2D eigenvalue weighted by atomic mass is 10.1. The van der Waals surface area contributed by atoms with Gasteiger partial charge in [-0.1, -0.05) is 6.07 Å². The van der Waals surface area contributed by atoms with E-state index in [0.29, 0.717) is 6.61 Å². The minimum atomic E-state index is 0.0972. The predicted molar refractivity (Wildman–Crippen MR) is 104 cm³/mol. The smallest absolute Gasteiger partial charge is 0.175 e. The van der Waals surface area contributed by atoms with E-state index in [1.54, 1.807) is 0 Å². The van der Waals surface area contributed by atoms with Crippen LogP contribution in [0, 0.1) is 13.8 Å². The molecule has 0 bridgehead atoms. The van der Waals surface area contributed by atoms with Crippen LogP contribution in [0.3, 0.4) is 0 Å². The Balaban J connectivity index is 2.19. The highest BCUT2D eigenvalue weighted by molar-refractivity contribution is 9.10. The standard InChI is InChI=1S/C20H26BrNO2/c1-6-23-19-11-16(10-18(21)20(19)24-13(2)3)12-22-17-8-7-14(4)15(5)9-17/h7-11,13,22H,6,12H2,1-5H3. The molecular weight excluding hydrogens is 366 g/mol. The van der Waals surface area contributed by atoms with Crippen molar-refractivity contribution in [1.29, 1.82) is 0 Å². The van der Waals surface area contributed by atoms with Crippen molar-refractivity contribution in [3.05, 3.63) is 51.5 Å². The Morgan fingerprint density at radius 3 is 2.46 bits per heavy atom. The molecule has 0 spiro atoms. The molecule has 0 saturated carbocycles. The van der Waals surface area contributed by atoms with Gasteiger partial charge in [-0.25, -0.2) is 0 Å². The second kappa shape index (κ2) is 8.43. The number of hydrogen-bond acceptors (Lipinski definition) is 3. The van der Waals surface area contributed by atoms with Gasteiger partial charge in [-0.3, -0.25) is 0 Å². The summed E-state index contributed by atoms with van der Waals surface area (Å²) >= 11 is 3.61. The number of nitrogens with one attached hydrogen (secondary N) is 1. The van der Waals surface area contributed by atoms with Crippen LogP contribution >= 0.6 is 15.9 Å². The second-order valence-electron chi connectivity index (χ2n) is 6.16. The van der Waals surface area contributed by atoms with Crippen molar-refractivity contribution >= 4 is 21.6 Å². The lowest BCUT2D eigenvalue weighted by molar-refractivity contribution is 0.222. The van der Waals surface area contributed by atoms with Crippen LogP contribution < -0.4 is 14.8 Å². The Morgan fingerprint density at radius 1 is 1.08 bits per heavy atom. The lowest BCUT2D eigenvalue weighted by Gasteiger charge is -2.18. The van der Waals surface area contributed by atoms with Crippen LogP contribution in [0.1, 0.15) is 37.5 Å². The second-order valence-corrected chi connectivity index (χ2v) is 7.01. The van der Waals surface area contributed by atoms with E-state index in [2.05, 4.69) is 59.4 Å². The minimum Gasteiger partial charge on any atom is -0.490 e. The molecule has 2 aromatic rings. The summed E-state index contributed by atoms with van der Waals surface area (Å²) in [7, 11) is 0. The highest BCUT2D eigenvalue weighted by atomic mass is 79.9. The Labute approximate surface area is 153 Å². The SMILES string of the molecule is CCOc1cc(CNc2ccc(C)c(C)c2)cc(Br)c1OC(C)C. The maximum atomic E-state index is 5.88. The highest BCUT2D eigenvalue weighted by Gasteiger charge is 2.13. The lowest BCUT2D eigenvalue weighted by Crippen LogP contribution is -2.09. The van der Waals surface area contributed by atoms with Gasteiger partial charge in [0.2, 0.25) is 0 Å². The topological polar surface area (TPSA) is 30.5 Å². The van der Waals surface area contributed by atoms with Gasteiger partial charge in [0.1, 0.15) is 0 Å². The van der Waals surface area contributed by atoms with Crippen molar-refractivity contribution in [2.24, 2.45) is 0 Å². The monoisotopic (exact) mass is 391 g/mol. The summed E-state index contributed by atoms with van der Waals surface area (Å²) in [6.07, 6.45) is 0.0972. The van der Waals surface area contributed by atoms with Crippen molar-refractivity contribution in [3.8, 4) is 11.5 Å². The van der Waals surface area contributed by atoms with Gasteiger partial charge in [0.05, 0.1) is 17.2 Å². The highest BCUT2D eigenvalue weighted by Crippen LogP contribution is 2.37. The van der Waals surface area contributed by atoms with Crippen molar-refractivity contribution < 1.29 is 9.47 Å². The maximum Gasteiger partial charge on any atom is 0.175 e. The molecule has 0 aliphatic heterocycles. The van der Waals surface area contributed by atoms with Gasteiger partial charge in [0.15, 0.2) is 11.5 Å². The molecule has 1 N–H and O–H groups in total. The number of ether oxygens (including phenoxy) is 2. The molecule has 0 heterocycles. The molecule has 0 atom stereocenters. The molecule has 0 fully saturated rings. The number of halogens is 1.